The third-order valence-electron chi connectivity index (χ3n) is 5.33. The fourth-order valence-electron chi connectivity index (χ4n) is 3.95. The molecule has 3 rings (SSSR count). The van der Waals surface area contributed by atoms with Crippen LogP contribution in [0.3, 0.4) is 0 Å². The van der Waals surface area contributed by atoms with E-state index in [1.165, 1.54) is 11.8 Å². The number of anilines is 2. The van der Waals surface area contributed by atoms with E-state index < -0.39 is 6.04 Å². The minimum Gasteiger partial charge on any atom is -0.466 e. The minimum atomic E-state index is -0.411. The highest BCUT2D eigenvalue weighted by Crippen LogP contribution is 2.24. The van der Waals surface area contributed by atoms with E-state index in [4.69, 9.17) is 4.74 Å². The standard InChI is InChI=1S/C20H25N3O5/c1-3-28-20(27)14-8-10-22(11-9-14)17-12-18(25)23(19(17)26)16-6-4-15(5-7-16)21-13(2)24/h4-7,14,17H,3,8-12H2,1-2H3,(H,21,24)/p+1/t17-/m0/s1. The number of quaternary nitrogens is 1. The minimum absolute atomic E-state index is 0.117. The molecule has 28 heavy (non-hydrogen) atoms. The molecule has 1 atom stereocenters. The Morgan fingerprint density at radius 3 is 2.39 bits per heavy atom. The largest absolute Gasteiger partial charge is 0.466 e. The smallest absolute Gasteiger partial charge is 0.309 e. The van der Waals surface area contributed by atoms with Crippen molar-refractivity contribution in [3.05, 3.63) is 24.3 Å². The van der Waals surface area contributed by atoms with Crippen LogP contribution in [0.2, 0.25) is 0 Å². The molecule has 1 aromatic rings. The zero-order valence-corrected chi connectivity index (χ0v) is 16.2. The maximum atomic E-state index is 12.9. The summed E-state index contributed by atoms with van der Waals surface area (Å²) in [4.78, 5) is 50.7. The molecule has 8 nitrogen and oxygen atoms in total. The van der Waals surface area contributed by atoms with Crippen LogP contribution < -0.4 is 15.1 Å². The fourth-order valence-corrected chi connectivity index (χ4v) is 3.95. The number of nitrogens with zero attached hydrogens (tertiary/aromatic N) is 1. The lowest BCUT2D eigenvalue weighted by Gasteiger charge is -2.31. The molecule has 2 N–H and O–H groups in total. The van der Waals surface area contributed by atoms with E-state index >= 15 is 0 Å². The van der Waals surface area contributed by atoms with Crippen LogP contribution in [-0.2, 0) is 23.9 Å². The number of hydrogen-bond acceptors (Lipinski definition) is 5. The molecule has 0 aromatic heterocycles. The first-order valence-electron chi connectivity index (χ1n) is 9.66. The number of carbonyl (C=O) groups is 4. The summed E-state index contributed by atoms with van der Waals surface area (Å²) in [6.45, 7) is 4.92. The lowest BCUT2D eigenvalue weighted by molar-refractivity contribution is -0.920. The van der Waals surface area contributed by atoms with Crippen LogP contribution in [0.4, 0.5) is 11.4 Å². The number of likely N-dealkylation sites (tertiary alicyclic amines) is 1. The summed E-state index contributed by atoms with van der Waals surface area (Å²) in [6.07, 6.45) is 1.50. The summed E-state index contributed by atoms with van der Waals surface area (Å²) in [7, 11) is 0. The van der Waals surface area contributed by atoms with Crippen LogP contribution in [0.5, 0.6) is 0 Å². The predicted octanol–water partition coefficient (Wildman–Crippen LogP) is 0.135. The second kappa shape index (κ2) is 8.52. The van der Waals surface area contributed by atoms with Crippen LogP contribution in [0.25, 0.3) is 0 Å². The second-order valence-electron chi connectivity index (χ2n) is 7.24. The SMILES string of the molecule is CCOC(=O)C1CC[NH+]([C@H]2CC(=O)N(c3ccc(NC(C)=O)cc3)C2=O)CC1. The van der Waals surface area contributed by atoms with Crippen molar-refractivity contribution in [2.24, 2.45) is 5.92 Å². The average Bonchev–Trinajstić information content (AvgIpc) is 2.97. The number of nitrogens with one attached hydrogen (secondary N) is 2. The molecule has 0 radical (unpaired) electrons. The molecule has 2 saturated heterocycles. The lowest BCUT2D eigenvalue weighted by Crippen LogP contribution is -3.17. The number of piperidine rings is 1. The first-order chi connectivity index (χ1) is 13.4. The van der Waals surface area contributed by atoms with Crippen molar-refractivity contribution in [2.45, 2.75) is 39.2 Å². The van der Waals surface area contributed by atoms with Crippen LogP contribution >= 0.6 is 0 Å². The molecule has 2 heterocycles. The molecule has 2 aliphatic rings. The maximum Gasteiger partial charge on any atom is 0.309 e. The number of benzene rings is 1. The molecule has 0 unspecified atom stereocenters. The number of amides is 3. The van der Waals surface area contributed by atoms with Gasteiger partial charge in [-0.1, -0.05) is 0 Å². The molecule has 0 bridgehead atoms. The van der Waals surface area contributed by atoms with Gasteiger partial charge in [-0.2, -0.15) is 0 Å². The van der Waals surface area contributed by atoms with Crippen LogP contribution in [-0.4, -0.2) is 49.4 Å². The zero-order chi connectivity index (χ0) is 20.3. The molecular weight excluding hydrogens is 362 g/mol. The van der Waals surface area contributed by atoms with Gasteiger partial charge in [0.15, 0.2) is 6.04 Å². The molecule has 2 aliphatic heterocycles. The Morgan fingerprint density at radius 2 is 1.82 bits per heavy atom. The van der Waals surface area contributed by atoms with Gasteiger partial charge in [-0.25, -0.2) is 4.90 Å². The number of imide groups is 1. The highest BCUT2D eigenvalue weighted by atomic mass is 16.5. The van der Waals surface area contributed by atoms with Gasteiger partial charge in [0.05, 0.1) is 37.7 Å². The number of ether oxygens (including phenoxy) is 1. The van der Waals surface area contributed by atoms with E-state index in [1.807, 2.05) is 0 Å². The van der Waals surface area contributed by atoms with Crippen LogP contribution in [0.15, 0.2) is 24.3 Å². The van der Waals surface area contributed by atoms with Gasteiger partial charge in [-0.15, -0.1) is 0 Å². The van der Waals surface area contributed by atoms with E-state index in [0.717, 1.165) is 4.90 Å². The van der Waals surface area contributed by atoms with Gasteiger partial charge >= 0.3 is 5.97 Å². The Labute approximate surface area is 163 Å². The summed E-state index contributed by atoms with van der Waals surface area (Å²) in [5, 5.41) is 2.66. The maximum absolute atomic E-state index is 12.9. The Morgan fingerprint density at radius 1 is 1.18 bits per heavy atom. The monoisotopic (exact) mass is 388 g/mol. The average molecular weight is 388 g/mol. The van der Waals surface area contributed by atoms with E-state index in [0.29, 0.717) is 43.9 Å². The van der Waals surface area contributed by atoms with E-state index in [9.17, 15) is 19.2 Å². The highest BCUT2D eigenvalue weighted by Gasteiger charge is 2.47. The number of hydrogen-bond donors (Lipinski definition) is 2. The van der Waals surface area contributed by atoms with Crippen molar-refractivity contribution in [3.8, 4) is 0 Å². The highest BCUT2D eigenvalue weighted by molar-refractivity contribution is 6.21. The van der Waals surface area contributed by atoms with Gasteiger partial charge in [-0.3, -0.25) is 19.2 Å². The van der Waals surface area contributed by atoms with Crippen LogP contribution in [0.1, 0.15) is 33.1 Å². The van der Waals surface area contributed by atoms with Gasteiger partial charge in [0.2, 0.25) is 11.8 Å². The quantitative estimate of drug-likeness (QED) is 0.552. The van der Waals surface area contributed by atoms with E-state index in [-0.39, 0.29) is 36.0 Å². The predicted molar refractivity (Wildman–Crippen MR) is 102 cm³/mol. The molecule has 150 valence electrons. The zero-order valence-electron chi connectivity index (χ0n) is 16.2. The lowest BCUT2D eigenvalue weighted by atomic mass is 9.95. The molecule has 0 aliphatic carbocycles. The van der Waals surface area contributed by atoms with E-state index in [2.05, 4.69) is 5.32 Å². The van der Waals surface area contributed by atoms with Crippen molar-refractivity contribution in [3.63, 3.8) is 0 Å². The number of esters is 1. The third-order valence-corrected chi connectivity index (χ3v) is 5.33. The van der Waals surface area contributed by atoms with Gasteiger partial charge in [0.25, 0.3) is 5.91 Å². The molecule has 8 heteroatoms. The van der Waals surface area contributed by atoms with Crippen LogP contribution in [0, 0.1) is 5.92 Å². The number of carbonyl (C=O) groups excluding carboxylic acids is 4. The summed E-state index contributed by atoms with van der Waals surface area (Å²) in [5.74, 6) is -0.898. The van der Waals surface area contributed by atoms with Gasteiger partial charge in [0, 0.05) is 25.5 Å². The molecule has 3 amide bonds. The Hall–Kier alpha value is -2.74. The van der Waals surface area contributed by atoms with Gasteiger partial charge in [0.1, 0.15) is 0 Å². The van der Waals surface area contributed by atoms with Crippen molar-refractivity contribution < 1.29 is 28.8 Å². The normalized spacial score (nSPS) is 24.9. The Kier molecular flexibility index (Phi) is 6.08. The first-order valence-corrected chi connectivity index (χ1v) is 9.66. The molecule has 0 spiro atoms. The fraction of sp³-hybridized carbons (Fsp3) is 0.500. The third kappa shape index (κ3) is 4.22. The Balaban J connectivity index is 1.64. The molecule has 1 aromatic carbocycles. The topological polar surface area (TPSA) is 97.2 Å². The summed E-state index contributed by atoms with van der Waals surface area (Å²) < 4.78 is 5.09. The van der Waals surface area contributed by atoms with Gasteiger partial charge < -0.3 is 15.0 Å². The molecule has 2 fully saturated rings. The van der Waals surface area contributed by atoms with Gasteiger partial charge in [-0.05, 0) is 31.2 Å². The van der Waals surface area contributed by atoms with Crippen molar-refractivity contribution in [1.29, 1.82) is 0 Å². The summed E-state index contributed by atoms with van der Waals surface area (Å²) in [6, 6.07) is 6.24. The molecule has 0 saturated carbocycles. The number of rotatable bonds is 5. The molecular formula is C20H26N3O5+. The summed E-state index contributed by atoms with van der Waals surface area (Å²) in [5.41, 5.74) is 1.12. The van der Waals surface area contributed by atoms with Crippen molar-refractivity contribution in [2.75, 3.05) is 29.9 Å². The van der Waals surface area contributed by atoms with Crippen molar-refractivity contribution >= 4 is 35.1 Å². The van der Waals surface area contributed by atoms with Crippen molar-refractivity contribution in [1.82, 2.24) is 0 Å². The van der Waals surface area contributed by atoms with E-state index in [1.54, 1.807) is 31.2 Å². The summed E-state index contributed by atoms with van der Waals surface area (Å²) >= 11 is 0. The first kappa shape index (κ1) is 20.0. The Bertz CT molecular complexity index is 769. The second-order valence-corrected chi connectivity index (χ2v) is 7.24.